The molecule has 0 aromatic rings. The summed E-state index contributed by atoms with van der Waals surface area (Å²) in [5.74, 6) is 1.54. The van der Waals surface area contributed by atoms with Crippen LogP contribution in [0.2, 0.25) is 0 Å². The smallest absolute Gasteiger partial charge is 0.111 e. The Bertz CT molecular complexity index is 761. The van der Waals surface area contributed by atoms with E-state index in [1.165, 1.54) is 12.8 Å². The van der Waals surface area contributed by atoms with Crippen molar-refractivity contribution >= 4 is 23.4 Å². The van der Waals surface area contributed by atoms with Crippen molar-refractivity contribution in [2.24, 2.45) is 17.8 Å². The molecule has 1 aliphatic heterocycles. The Kier molecular flexibility index (Phi) is 9.38. The quantitative estimate of drug-likeness (QED) is 0.313. The van der Waals surface area contributed by atoms with Gasteiger partial charge in [-0.1, -0.05) is 6.42 Å². The van der Waals surface area contributed by atoms with Crippen LogP contribution in [0, 0.1) is 17.8 Å². The highest BCUT2D eigenvalue weighted by atomic mass is 35.5. The van der Waals surface area contributed by atoms with E-state index in [2.05, 4.69) is 23.8 Å². The molecule has 1 saturated heterocycles. The molecule has 10 unspecified atom stereocenters. The van der Waals surface area contributed by atoms with Crippen LogP contribution in [0.4, 0.5) is 13.2 Å². The predicted octanol–water partition coefficient (Wildman–Crippen LogP) is 7.36. The highest BCUT2D eigenvalue weighted by Crippen LogP contribution is 2.56. The molecule has 8 heteroatoms. The van der Waals surface area contributed by atoms with Crippen LogP contribution in [-0.2, 0) is 4.74 Å². The summed E-state index contributed by atoms with van der Waals surface area (Å²) in [6.45, 7) is 2.49. The van der Waals surface area contributed by atoms with E-state index in [0.717, 1.165) is 38.5 Å². The van der Waals surface area contributed by atoms with E-state index in [1.807, 2.05) is 11.8 Å². The molecule has 1 heterocycles. The number of hydrogen-bond acceptors (Lipinski definition) is 4. The van der Waals surface area contributed by atoms with Gasteiger partial charge < -0.3 is 4.74 Å². The minimum atomic E-state index is -0.899. The third-order valence-corrected chi connectivity index (χ3v) is 13.0. The molecule has 0 amide bonds. The molecule has 5 fully saturated rings. The first-order valence-corrected chi connectivity index (χ1v) is 16.4. The third-order valence-electron chi connectivity index (χ3n) is 11.0. The highest BCUT2D eigenvalue weighted by molar-refractivity contribution is 7.99. The average molecular weight is 565 g/mol. The van der Waals surface area contributed by atoms with Gasteiger partial charge in [0.05, 0.1) is 11.5 Å². The summed E-state index contributed by atoms with van der Waals surface area (Å²) in [5.41, 5.74) is 0.108. The monoisotopic (exact) mass is 564 g/mol. The zero-order valence-electron chi connectivity index (χ0n) is 23.0. The number of methoxy groups -OCH3 is 1. The molecule has 5 aliphatic rings. The molecule has 0 N–H and O–H groups in total. The molecule has 0 aromatic heterocycles. The normalized spacial score (nSPS) is 50.2. The fourth-order valence-corrected chi connectivity index (χ4v) is 11.1. The Morgan fingerprint density at radius 1 is 0.919 bits per heavy atom. The molecule has 3 nitrogen and oxygen atoms in total. The molecule has 4 saturated carbocycles. The van der Waals surface area contributed by atoms with Crippen LogP contribution < -0.4 is 0 Å². The topological polar surface area (TPSA) is 15.7 Å². The van der Waals surface area contributed by atoms with Gasteiger partial charge in [-0.25, -0.2) is 13.2 Å². The summed E-state index contributed by atoms with van der Waals surface area (Å²) in [4.78, 5) is 5.33. The van der Waals surface area contributed by atoms with Gasteiger partial charge in [-0.2, -0.15) is 0 Å². The van der Waals surface area contributed by atoms with Crippen molar-refractivity contribution in [2.45, 2.75) is 144 Å². The minimum Gasteiger partial charge on any atom is -0.380 e. The van der Waals surface area contributed by atoms with Gasteiger partial charge in [0.1, 0.15) is 24.0 Å². The van der Waals surface area contributed by atoms with Crippen LogP contribution in [0.5, 0.6) is 0 Å². The first kappa shape index (κ1) is 28.8. The Morgan fingerprint density at radius 2 is 1.65 bits per heavy atom. The zero-order valence-corrected chi connectivity index (χ0v) is 24.5. The van der Waals surface area contributed by atoms with Gasteiger partial charge in [0.2, 0.25) is 0 Å². The Hall–Kier alpha value is 0.310. The predicted molar refractivity (Wildman–Crippen MR) is 147 cm³/mol. The molecule has 0 bridgehead atoms. The zero-order chi connectivity index (χ0) is 26.3. The highest BCUT2D eigenvalue weighted by Gasteiger charge is 2.61. The molecular weight excluding hydrogens is 517 g/mol. The molecule has 10 atom stereocenters. The van der Waals surface area contributed by atoms with Crippen molar-refractivity contribution in [3.8, 4) is 0 Å². The molecule has 0 radical (unpaired) electrons. The molecule has 37 heavy (non-hydrogen) atoms. The number of fused-ring (bicyclic) bond motifs is 1. The number of nitrogens with zero attached hydrogens (tertiary/aromatic N) is 2. The molecular formula is C29H48ClF3N2OS. The van der Waals surface area contributed by atoms with Crippen molar-refractivity contribution in [2.75, 3.05) is 19.9 Å². The molecule has 0 aromatic carbocycles. The van der Waals surface area contributed by atoms with Crippen LogP contribution >= 0.6 is 23.4 Å². The number of halogens is 4. The standard InChI is InChI=1S/C29H48ClF3N2OS/c1-29-23(18-7-13-24(30)26(16-18)36-3)5-4-6-27(29)34(2)28(35(29)22-11-8-20(31)9-12-22)37-17-19-15-21(32)10-14-25(19)33/h18-28H,4-17H2,1-3H3. The van der Waals surface area contributed by atoms with Crippen molar-refractivity contribution < 1.29 is 17.9 Å². The van der Waals surface area contributed by atoms with Crippen LogP contribution in [0.3, 0.4) is 0 Å². The van der Waals surface area contributed by atoms with Crippen molar-refractivity contribution in [1.29, 1.82) is 0 Å². The summed E-state index contributed by atoms with van der Waals surface area (Å²) >= 11 is 8.47. The van der Waals surface area contributed by atoms with E-state index in [-0.39, 0.29) is 28.4 Å². The van der Waals surface area contributed by atoms with Gasteiger partial charge in [0.15, 0.2) is 0 Å². The summed E-state index contributed by atoms with van der Waals surface area (Å²) in [7, 11) is 4.04. The van der Waals surface area contributed by atoms with E-state index < -0.39 is 18.5 Å². The number of alkyl halides is 4. The lowest BCUT2D eigenvalue weighted by atomic mass is 9.61. The summed E-state index contributed by atoms with van der Waals surface area (Å²) in [6.07, 6.45) is 8.47. The fourth-order valence-electron chi connectivity index (χ4n) is 9.01. The van der Waals surface area contributed by atoms with Gasteiger partial charge in [0, 0.05) is 36.4 Å². The lowest BCUT2D eigenvalue weighted by Gasteiger charge is -2.55. The molecule has 0 spiro atoms. The second-order valence-electron chi connectivity index (χ2n) is 13.0. The van der Waals surface area contributed by atoms with Crippen LogP contribution in [0.25, 0.3) is 0 Å². The van der Waals surface area contributed by atoms with Gasteiger partial charge in [-0.15, -0.1) is 23.4 Å². The maximum Gasteiger partial charge on any atom is 0.111 e. The first-order chi connectivity index (χ1) is 17.7. The SMILES string of the molecule is COC1CC(C2CCCC3N(C)C(SCC4CC(F)CCC4F)N(C4CCC(F)CC4)C23C)CCC1Cl. The Balaban J connectivity index is 1.42. The number of thioether (sulfide) groups is 1. The van der Waals surface area contributed by atoms with Crippen LogP contribution in [0.1, 0.15) is 90.4 Å². The summed E-state index contributed by atoms with van der Waals surface area (Å²) in [6, 6.07) is 0.759. The van der Waals surface area contributed by atoms with Crippen LogP contribution in [0.15, 0.2) is 0 Å². The third kappa shape index (κ3) is 5.61. The van der Waals surface area contributed by atoms with Crippen molar-refractivity contribution in [1.82, 2.24) is 9.80 Å². The average Bonchev–Trinajstić information content (AvgIpc) is 3.11. The summed E-state index contributed by atoms with van der Waals surface area (Å²) < 4.78 is 49.1. The van der Waals surface area contributed by atoms with E-state index >= 15 is 0 Å². The first-order valence-electron chi connectivity index (χ1n) is 14.9. The second kappa shape index (κ2) is 12.0. The number of likely N-dealkylation sites (N-methyl/N-ethyl adjacent to an activating group) is 1. The van der Waals surface area contributed by atoms with E-state index in [1.54, 1.807) is 7.11 Å². The Labute approximate surface area is 231 Å². The van der Waals surface area contributed by atoms with Crippen LogP contribution in [-0.4, -0.2) is 82.8 Å². The number of ether oxygens (including phenoxy) is 1. The van der Waals surface area contributed by atoms with Gasteiger partial charge in [-0.3, -0.25) is 9.80 Å². The molecule has 4 aliphatic carbocycles. The van der Waals surface area contributed by atoms with Gasteiger partial charge in [-0.05, 0) is 103 Å². The van der Waals surface area contributed by atoms with Crippen molar-refractivity contribution in [3.63, 3.8) is 0 Å². The number of hydrogen-bond donors (Lipinski definition) is 0. The molecule has 5 rings (SSSR count). The maximum absolute atomic E-state index is 14.8. The van der Waals surface area contributed by atoms with Crippen molar-refractivity contribution in [3.05, 3.63) is 0 Å². The largest absolute Gasteiger partial charge is 0.380 e. The van der Waals surface area contributed by atoms with Gasteiger partial charge >= 0.3 is 0 Å². The Morgan fingerprint density at radius 3 is 2.38 bits per heavy atom. The summed E-state index contributed by atoms with van der Waals surface area (Å²) in [5, 5.41) is 0.0856. The van der Waals surface area contributed by atoms with E-state index in [9.17, 15) is 13.2 Å². The van der Waals surface area contributed by atoms with E-state index in [4.69, 9.17) is 16.3 Å². The minimum absolute atomic E-state index is 0.0229. The lowest BCUT2D eigenvalue weighted by molar-refractivity contribution is -0.0516. The molecule has 214 valence electrons. The van der Waals surface area contributed by atoms with Gasteiger partial charge in [0.25, 0.3) is 0 Å². The lowest BCUT2D eigenvalue weighted by Crippen LogP contribution is -2.62. The maximum atomic E-state index is 14.8. The van der Waals surface area contributed by atoms with E-state index in [0.29, 0.717) is 61.8 Å². The number of rotatable bonds is 6. The second-order valence-corrected chi connectivity index (χ2v) is 14.6. The fraction of sp³-hybridized carbons (Fsp3) is 1.00.